The Bertz CT molecular complexity index is 1270. The minimum absolute atomic E-state index is 0.201. The Morgan fingerprint density at radius 3 is 2.33 bits per heavy atom. The fraction of sp³-hybridized carbons (Fsp3) is 0.174. The van der Waals surface area contributed by atoms with Gasteiger partial charge in [0.1, 0.15) is 5.82 Å². The van der Waals surface area contributed by atoms with E-state index in [-0.39, 0.29) is 11.3 Å². The predicted octanol–water partition coefficient (Wildman–Crippen LogP) is 5.73. The van der Waals surface area contributed by atoms with Crippen LogP contribution in [0.2, 0.25) is 0 Å². The number of nitrogens with zero attached hydrogens (tertiary/aromatic N) is 2. The van der Waals surface area contributed by atoms with Gasteiger partial charge in [-0.2, -0.15) is 18.4 Å². The van der Waals surface area contributed by atoms with Crippen LogP contribution in [0, 0.1) is 31.0 Å². The second-order valence-electron chi connectivity index (χ2n) is 7.08. The van der Waals surface area contributed by atoms with Crippen LogP contribution in [0.15, 0.2) is 42.5 Å². The molecule has 1 aromatic heterocycles. The third-order valence-electron chi connectivity index (χ3n) is 4.80. The summed E-state index contributed by atoms with van der Waals surface area (Å²) in [6.07, 6.45) is -4.83. The Labute approximate surface area is 186 Å². The van der Waals surface area contributed by atoms with E-state index in [1.807, 2.05) is 0 Å². The van der Waals surface area contributed by atoms with Gasteiger partial charge in [-0.15, -0.1) is 0 Å². The zero-order valence-corrected chi connectivity index (χ0v) is 17.8. The lowest BCUT2D eigenvalue weighted by atomic mass is 10.0. The molecule has 0 aliphatic heterocycles. The van der Waals surface area contributed by atoms with Crippen LogP contribution >= 0.6 is 0 Å². The summed E-state index contributed by atoms with van der Waals surface area (Å²) in [6.45, 7) is 3.18. The highest BCUT2D eigenvalue weighted by atomic mass is 19.4. The van der Waals surface area contributed by atoms with Gasteiger partial charge in [0, 0.05) is 11.8 Å². The number of hydrogen-bond donors (Lipinski definition) is 2. The molecule has 170 valence electrons. The molecule has 2 aromatic carbocycles. The second kappa shape index (κ2) is 9.16. The highest BCUT2D eigenvalue weighted by Gasteiger charge is 2.35. The average Bonchev–Trinajstić information content (AvgIpc) is 2.75. The van der Waals surface area contributed by atoms with Crippen LogP contribution < -0.4 is 15.4 Å². The lowest BCUT2D eigenvalue weighted by Gasteiger charge is -2.18. The second-order valence-corrected chi connectivity index (χ2v) is 7.08. The molecular weight excluding hydrogens is 440 g/mol. The number of benzene rings is 2. The molecule has 2 N–H and O–H groups in total. The number of pyridine rings is 1. The number of nitriles is 1. The molecule has 33 heavy (non-hydrogen) atoms. The first kappa shape index (κ1) is 23.5. The monoisotopic (exact) mass is 458 g/mol. The van der Waals surface area contributed by atoms with Gasteiger partial charge in [0.2, 0.25) is 5.88 Å². The number of rotatable bonds is 5. The van der Waals surface area contributed by atoms with E-state index in [1.165, 1.54) is 37.4 Å². The number of carbonyl (C=O) groups excluding carboxylic acids is 1. The van der Waals surface area contributed by atoms with Crippen LogP contribution in [0.5, 0.6) is 5.88 Å². The lowest BCUT2D eigenvalue weighted by molar-refractivity contribution is -0.137. The van der Waals surface area contributed by atoms with Crippen LogP contribution in [0.4, 0.5) is 34.6 Å². The Hall–Kier alpha value is -4.13. The number of halogens is 4. The molecule has 0 fully saturated rings. The van der Waals surface area contributed by atoms with Crippen molar-refractivity contribution in [3.8, 4) is 11.9 Å². The summed E-state index contributed by atoms with van der Waals surface area (Å²) in [4.78, 5) is 17.2. The largest absolute Gasteiger partial charge is 0.481 e. The van der Waals surface area contributed by atoms with Crippen molar-refractivity contribution in [1.82, 2.24) is 4.98 Å². The van der Waals surface area contributed by atoms with Gasteiger partial charge >= 0.3 is 6.18 Å². The van der Waals surface area contributed by atoms with Gasteiger partial charge in [0.25, 0.3) is 5.91 Å². The quantitative estimate of drug-likeness (QED) is 0.477. The Morgan fingerprint density at radius 1 is 1.06 bits per heavy atom. The van der Waals surface area contributed by atoms with Crippen LogP contribution in [-0.4, -0.2) is 18.0 Å². The molecule has 0 radical (unpaired) electrons. The number of anilines is 3. The molecule has 1 heterocycles. The van der Waals surface area contributed by atoms with Gasteiger partial charge in [-0.1, -0.05) is 0 Å². The molecule has 3 aromatic rings. The minimum atomic E-state index is -4.83. The van der Waals surface area contributed by atoms with E-state index in [0.29, 0.717) is 34.6 Å². The van der Waals surface area contributed by atoms with Crippen molar-refractivity contribution < 1.29 is 27.1 Å². The standard InChI is InChI=1S/C23H18F4N4O2/c1-12-8-15(24)4-5-18(12)30-20-10-17(23(25,26)27)14(11-28)9-16(20)22(32)31-19-6-7-21(33-3)29-13(19)2/h4-10,30H,1-3H3,(H,31,32). The zero-order chi connectivity index (χ0) is 24.3. The number of carbonyl (C=O) groups is 1. The van der Waals surface area contributed by atoms with Gasteiger partial charge in [-0.05, 0) is 55.8 Å². The van der Waals surface area contributed by atoms with Gasteiger partial charge in [-0.3, -0.25) is 4.79 Å². The Kier molecular flexibility index (Phi) is 6.53. The smallest absolute Gasteiger partial charge is 0.417 e. The van der Waals surface area contributed by atoms with Crippen molar-refractivity contribution in [3.63, 3.8) is 0 Å². The summed E-state index contributed by atoms with van der Waals surface area (Å²) in [6, 6.07) is 9.77. The van der Waals surface area contributed by atoms with E-state index >= 15 is 0 Å². The van der Waals surface area contributed by atoms with E-state index in [9.17, 15) is 27.6 Å². The molecule has 0 saturated carbocycles. The maximum Gasteiger partial charge on any atom is 0.417 e. The predicted molar refractivity (Wildman–Crippen MR) is 114 cm³/mol. The first-order valence-corrected chi connectivity index (χ1v) is 9.55. The molecule has 0 spiro atoms. The average molecular weight is 458 g/mol. The molecule has 1 amide bonds. The first-order valence-electron chi connectivity index (χ1n) is 9.55. The number of hydrogen-bond acceptors (Lipinski definition) is 5. The molecule has 0 saturated heterocycles. The number of aryl methyl sites for hydroxylation is 2. The van der Waals surface area contributed by atoms with Gasteiger partial charge in [0.15, 0.2) is 0 Å². The summed E-state index contributed by atoms with van der Waals surface area (Å²) >= 11 is 0. The summed E-state index contributed by atoms with van der Waals surface area (Å²) in [5.74, 6) is -0.965. The van der Waals surface area contributed by atoms with Crippen molar-refractivity contribution >= 4 is 23.0 Å². The zero-order valence-electron chi connectivity index (χ0n) is 17.8. The highest BCUT2D eigenvalue weighted by molar-refractivity contribution is 6.09. The van der Waals surface area contributed by atoms with E-state index in [1.54, 1.807) is 13.8 Å². The van der Waals surface area contributed by atoms with E-state index in [0.717, 1.165) is 12.1 Å². The van der Waals surface area contributed by atoms with E-state index in [4.69, 9.17) is 4.74 Å². The number of aromatic nitrogens is 1. The van der Waals surface area contributed by atoms with E-state index < -0.39 is 29.0 Å². The molecular formula is C23H18F4N4O2. The Balaban J connectivity index is 2.10. The minimum Gasteiger partial charge on any atom is -0.481 e. The van der Waals surface area contributed by atoms with Gasteiger partial charge < -0.3 is 15.4 Å². The normalized spacial score (nSPS) is 11.0. The van der Waals surface area contributed by atoms with Crippen LogP contribution in [-0.2, 0) is 6.18 Å². The highest BCUT2D eigenvalue weighted by Crippen LogP contribution is 2.37. The van der Waals surface area contributed by atoms with Gasteiger partial charge in [0.05, 0.1) is 46.9 Å². The van der Waals surface area contributed by atoms with Crippen molar-refractivity contribution in [3.05, 3.63) is 76.2 Å². The van der Waals surface area contributed by atoms with Gasteiger partial charge in [-0.25, -0.2) is 9.37 Å². The fourth-order valence-electron chi connectivity index (χ4n) is 3.10. The van der Waals surface area contributed by atoms with E-state index in [2.05, 4.69) is 15.6 Å². The molecule has 6 nitrogen and oxygen atoms in total. The summed E-state index contributed by atoms with van der Waals surface area (Å²) in [7, 11) is 1.43. The number of nitrogens with one attached hydrogen (secondary N) is 2. The van der Waals surface area contributed by atoms with Crippen molar-refractivity contribution in [1.29, 1.82) is 5.26 Å². The third kappa shape index (κ3) is 5.20. The molecule has 0 aliphatic carbocycles. The third-order valence-corrected chi connectivity index (χ3v) is 4.80. The lowest BCUT2D eigenvalue weighted by Crippen LogP contribution is -2.18. The molecule has 10 heteroatoms. The number of methoxy groups -OCH3 is 1. The van der Waals surface area contributed by atoms with Crippen LogP contribution in [0.3, 0.4) is 0 Å². The number of amides is 1. The van der Waals surface area contributed by atoms with Crippen molar-refractivity contribution in [2.75, 3.05) is 17.7 Å². The van der Waals surface area contributed by atoms with Crippen molar-refractivity contribution in [2.45, 2.75) is 20.0 Å². The topological polar surface area (TPSA) is 87.0 Å². The van der Waals surface area contributed by atoms with Crippen molar-refractivity contribution in [2.24, 2.45) is 0 Å². The summed E-state index contributed by atoms with van der Waals surface area (Å²) < 4.78 is 59.1. The van der Waals surface area contributed by atoms with Crippen LogP contribution in [0.25, 0.3) is 0 Å². The summed E-state index contributed by atoms with van der Waals surface area (Å²) in [5, 5.41) is 14.6. The number of ether oxygens (including phenoxy) is 1. The summed E-state index contributed by atoms with van der Waals surface area (Å²) in [5.41, 5.74) is -0.891. The van der Waals surface area contributed by atoms with Crippen LogP contribution in [0.1, 0.15) is 32.7 Å². The fourth-order valence-corrected chi connectivity index (χ4v) is 3.10. The number of alkyl halides is 3. The maximum absolute atomic E-state index is 13.5. The maximum atomic E-state index is 13.5. The molecule has 0 bridgehead atoms. The SMILES string of the molecule is COc1ccc(NC(=O)c2cc(C#N)c(C(F)(F)F)cc2Nc2ccc(F)cc2C)c(C)n1. The molecule has 3 rings (SSSR count). The molecule has 0 atom stereocenters. The Morgan fingerprint density at radius 2 is 1.76 bits per heavy atom. The first-order chi connectivity index (χ1) is 15.5. The molecule has 0 aliphatic rings. The molecule has 0 unspecified atom stereocenters.